The highest BCUT2D eigenvalue weighted by molar-refractivity contribution is 7.92. The molecule has 0 aliphatic heterocycles. The zero-order valence-electron chi connectivity index (χ0n) is 16.1. The maximum absolute atomic E-state index is 12.2. The van der Waals surface area contributed by atoms with Gasteiger partial charge in [0.05, 0.1) is 0 Å². The molecule has 2 aromatic rings. The van der Waals surface area contributed by atoms with Gasteiger partial charge in [-0.25, -0.2) is 17.9 Å². The number of carbonyl (C=O) groups excluding carboxylic acids is 1. The van der Waals surface area contributed by atoms with Crippen molar-refractivity contribution in [2.45, 2.75) is 31.6 Å². The van der Waals surface area contributed by atoms with Gasteiger partial charge < -0.3 is 9.84 Å². The maximum atomic E-state index is 12.2. The minimum Gasteiger partial charge on any atom is -0.425 e. The molecule has 0 spiro atoms. The molecule has 0 amide bonds. The Labute approximate surface area is 171 Å². The molecule has 154 valence electrons. The van der Waals surface area contributed by atoms with Gasteiger partial charge in [0, 0.05) is 12.0 Å². The lowest BCUT2D eigenvalue weighted by molar-refractivity contribution is -0.137. The second-order valence-corrected chi connectivity index (χ2v) is 8.64. The van der Waals surface area contributed by atoms with Gasteiger partial charge >= 0.3 is 5.97 Å². The average Bonchev–Trinajstić information content (AvgIpc) is 2.73. The van der Waals surface area contributed by atoms with Gasteiger partial charge in [-0.05, 0) is 60.4 Å². The molecule has 0 saturated carbocycles. The van der Waals surface area contributed by atoms with E-state index >= 15 is 0 Å². The molecule has 0 radical (unpaired) electrons. The smallest absolute Gasteiger partial charge is 0.337 e. The lowest BCUT2D eigenvalue weighted by Crippen LogP contribution is -2.25. The van der Waals surface area contributed by atoms with Crippen LogP contribution in [0.25, 0.3) is 6.08 Å². The number of sulfonamides is 1. The first-order valence-corrected chi connectivity index (χ1v) is 11.2. The topological polar surface area (TPSA) is 92.7 Å². The largest absolute Gasteiger partial charge is 0.425 e. The number of aliphatic hydroxyl groups excluding tert-OH is 1. The van der Waals surface area contributed by atoms with E-state index in [1.807, 2.05) is 42.5 Å². The van der Waals surface area contributed by atoms with Crippen LogP contribution < -0.4 is 9.46 Å². The fourth-order valence-corrected chi connectivity index (χ4v) is 4.45. The Balaban J connectivity index is 1.62. The predicted molar refractivity (Wildman–Crippen MR) is 112 cm³/mol. The molecule has 3 rings (SSSR count). The zero-order chi connectivity index (χ0) is 20.7. The number of esters is 1. The molecule has 0 bridgehead atoms. The van der Waals surface area contributed by atoms with Crippen LogP contribution in [0.2, 0.25) is 0 Å². The normalized spacial score (nSPS) is 16.5. The Morgan fingerprint density at radius 3 is 2.72 bits per heavy atom. The maximum Gasteiger partial charge on any atom is 0.337 e. The summed E-state index contributed by atoms with van der Waals surface area (Å²) in [6.07, 6.45) is 4.91. The van der Waals surface area contributed by atoms with Crippen LogP contribution >= 0.6 is 0 Å². The van der Waals surface area contributed by atoms with Crippen LogP contribution in [-0.4, -0.2) is 32.6 Å². The van der Waals surface area contributed by atoms with Crippen molar-refractivity contribution < 1.29 is 23.1 Å². The Hall–Kier alpha value is -2.48. The number of aliphatic hydroxyl groups is 1. The quantitative estimate of drug-likeness (QED) is 0.511. The van der Waals surface area contributed by atoms with Crippen molar-refractivity contribution in [3.05, 3.63) is 70.6 Å². The summed E-state index contributed by atoms with van der Waals surface area (Å²) < 4.78 is 32.3. The molecule has 7 heteroatoms. The Kier molecular flexibility index (Phi) is 7.19. The number of fused-ring (bicyclic) bond motifs is 1. The van der Waals surface area contributed by atoms with Gasteiger partial charge in [-0.15, -0.1) is 0 Å². The number of nitrogens with one attached hydrogen (secondary N) is 1. The summed E-state index contributed by atoms with van der Waals surface area (Å²) in [5.74, 6) is -0.0107. The third-order valence-corrected chi connectivity index (χ3v) is 6.08. The van der Waals surface area contributed by atoms with E-state index < -0.39 is 22.6 Å². The molecular weight excluding hydrogens is 390 g/mol. The van der Waals surface area contributed by atoms with Crippen LogP contribution in [0.5, 0.6) is 5.75 Å². The molecule has 29 heavy (non-hydrogen) atoms. The van der Waals surface area contributed by atoms with Gasteiger partial charge in [-0.2, -0.15) is 0 Å². The Morgan fingerprint density at radius 2 is 1.97 bits per heavy atom. The molecule has 1 aliphatic carbocycles. The van der Waals surface area contributed by atoms with Gasteiger partial charge in [0.2, 0.25) is 10.0 Å². The van der Waals surface area contributed by atoms with Gasteiger partial charge in [0.1, 0.15) is 12.4 Å². The fraction of sp³-hybridized carbons (Fsp3) is 0.318. The minimum absolute atomic E-state index is 0.187. The summed E-state index contributed by atoms with van der Waals surface area (Å²) in [6.45, 7) is -0.336. The first-order chi connectivity index (χ1) is 14.0. The molecule has 1 unspecified atom stereocenters. The molecule has 6 nitrogen and oxygen atoms in total. The van der Waals surface area contributed by atoms with Gasteiger partial charge in [-0.3, -0.25) is 0 Å². The summed E-state index contributed by atoms with van der Waals surface area (Å²) in [5.41, 5.74) is 2.87. The number of hydrogen-bond acceptors (Lipinski definition) is 5. The lowest BCUT2D eigenvalue weighted by Gasteiger charge is -2.27. The van der Waals surface area contributed by atoms with Crippen molar-refractivity contribution in [3.8, 4) is 5.75 Å². The van der Waals surface area contributed by atoms with Crippen molar-refractivity contribution in [2.75, 3.05) is 13.2 Å². The first-order valence-electron chi connectivity index (χ1n) is 9.64. The molecule has 0 heterocycles. The SMILES string of the molecule is O=C(CO)Oc1cccc2c1CCCC2CCNS(=O)(=O)C=Cc1ccccc1. The van der Waals surface area contributed by atoms with Crippen LogP contribution in [-0.2, 0) is 21.2 Å². The van der Waals surface area contributed by atoms with Crippen LogP contribution in [0.15, 0.2) is 53.9 Å². The highest BCUT2D eigenvalue weighted by Gasteiger charge is 2.23. The van der Waals surface area contributed by atoms with Crippen molar-refractivity contribution in [1.29, 1.82) is 0 Å². The summed E-state index contributed by atoms with van der Waals surface area (Å²) >= 11 is 0. The third-order valence-electron chi connectivity index (χ3n) is 4.98. The van der Waals surface area contributed by atoms with E-state index in [1.54, 1.807) is 12.1 Å². The van der Waals surface area contributed by atoms with E-state index in [-0.39, 0.29) is 5.92 Å². The third kappa shape index (κ3) is 6.00. The molecule has 2 aromatic carbocycles. The summed E-state index contributed by atoms with van der Waals surface area (Å²) in [6, 6.07) is 14.8. The number of benzene rings is 2. The molecule has 0 aromatic heterocycles. The van der Waals surface area contributed by atoms with Crippen LogP contribution in [0.3, 0.4) is 0 Å². The minimum atomic E-state index is -3.51. The lowest BCUT2D eigenvalue weighted by atomic mass is 9.81. The van der Waals surface area contributed by atoms with Crippen LogP contribution in [0, 0.1) is 0 Å². The summed E-state index contributed by atoms with van der Waals surface area (Å²) in [4.78, 5) is 11.4. The summed E-state index contributed by atoms with van der Waals surface area (Å²) in [5, 5.41) is 10.1. The molecule has 1 atom stereocenters. The first kappa shape index (κ1) is 21.2. The number of carbonyl (C=O) groups is 1. The van der Waals surface area contributed by atoms with E-state index in [0.29, 0.717) is 18.7 Å². The molecule has 1 aliphatic rings. The highest BCUT2D eigenvalue weighted by atomic mass is 32.2. The van der Waals surface area contributed by atoms with E-state index in [4.69, 9.17) is 9.84 Å². The molecule has 0 saturated heterocycles. The zero-order valence-corrected chi connectivity index (χ0v) is 16.9. The van der Waals surface area contributed by atoms with Gasteiger partial charge in [0.25, 0.3) is 0 Å². The monoisotopic (exact) mass is 415 g/mol. The van der Waals surface area contributed by atoms with Gasteiger partial charge in [-0.1, -0.05) is 42.5 Å². The van der Waals surface area contributed by atoms with E-state index in [2.05, 4.69) is 4.72 Å². The average molecular weight is 416 g/mol. The van der Waals surface area contributed by atoms with Crippen molar-refractivity contribution >= 4 is 22.1 Å². The van der Waals surface area contributed by atoms with Crippen molar-refractivity contribution in [3.63, 3.8) is 0 Å². The Morgan fingerprint density at radius 1 is 1.17 bits per heavy atom. The van der Waals surface area contributed by atoms with Crippen LogP contribution in [0.4, 0.5) is 0 Å². The van der Waals surface area contributed by atoms with E-state index in [1.165, 1.54) is 5.41 Å². The van der Waals surface area contributed by atoms with Gasteiger partial charge in [0.15, 0.2) is 0 Å². The highest BCUT2D eigenvalue weighted by Crippen LogP contribution is 2.38. The van der Waals surface area contributed by atoms with Crippen LogP contribution in [0.1, 0.15) is 41.9 Å². The second kappa shape index (κ2) is 9.82. The standard InChI is InChI=1S/C22H25NO5S/c24-16-22(25)28-21-11-5-9-19-18(8-4-10-20(19)21)12-14-23-29(26,27)15-13-17-6-2-1-3-7-17/h1-3,5-7,9,11,13,15,18,23-24H,4,8,10,12,14,16H2. The Bertz CT molecular complexity index is 970. The van der Waals surface area contributed by atoms with E-state index in [0.717, 1.165) is 36.0 Å². The number of ether oxygens (including phenoxy) is 1. The predicted octanol–water partition coefficient (Wildman–Crippen LogP) is 2.98. The second-order valence-electron chi connectivity index (χ2n) is 6.99. The number of hydrogen-bond donors (Lipinski definition) is 2. The number of rotatable bonds is 8. The van der Waals surface area contributed by atoms with Crippen molar-refractivity contribution in [2.24, 2.45) is 0 Å². The molecule has 0 fully saturated rings. The van der Waals surface area contributed by atoms with E-state index in [9.17, 15) is 13.2 Å². The summed E-state index contributed by atoms with van der Waals surface area (Å²) in [7, 11) is -3.51. The fourth-order valence-electron chi connectivity index (χ4n) is 3.62. The van der Waals surface area contributed by atoms with Crippen molar-refractivity contribution in [1.82, 2.24) is 4.72 Å². The molecular formula is C22H25NO5S. The molecule has 2 N–H and O–H groups in total.